The number of carbonyl (C=O) groups excluding carboxylic acids is 1. The third-order valence-electron chi connectivity index (χ3n) is 6.94. The number of fused-ring (bicyclic) bond motifs is 1. The minimum Gasteiger partial charge on any atom is -0.485 e. The number of rotatable bonds is 7. The van der Waals surface area contributed by atoms with E-state index in [9.17, 15) is 4.79 Å². The molecule has 1 amide bonds. The van der Waals surface area contributed by atoms with Gasteiger partial charge in [0.1, 0.15) is 12.4 Å². The summed E-state index contributed by atoms with van der Waals surface area (Å²) in [5.74, 6) is 1.09. The summed E-state index contributed by atoms with van der Waals surface area (Å²) in [5.41, 5.74) is 0.409. The Morgan fingerprint density at radius 2 is 1.97 bits per heavy atom. The smallest absolute Gasteiger partial charge is 0.273 e. The van der Waals surface area contributed by atoms with Gasteiger partial charge < -0.3 is 14.6 Å². The normalized spacial score (nSPS) is 18.6. The number of ether oxygens (including phenoxy) is 1. The van der Waals surface area contributed by atoms with E-state index >= 15 is 0 Å². The molecule has 3 aromatic rings. The van der Waals surface area contributed by atoms with Crippen LogP contribution in [0.3, 0.4) is 0 Å². The summed E-state index contributed by atoms with van der Waals surface area (Å²) >= 11 is 0. The lowest BCUT2D eigenvalue weighted by atomic mass is 9.92. The Morgan fingerprint density at radius 1 is 1.12 bits per heavy atom. The molecule has 0 bridgehead atoms. The number of nitrogens with one attached hydrogen (secondary N) is 1. The monoisotopic (exact) mass is 434 g/mol. The van der Waals surface area contributed by atoms with Crippen LogP contribution in [0.2, 0.25) is 0 Å². The molecule has 3 heterocycles. The van der Waals surface area contributed by atoms with Gasteiger partial charge in [0, 0.05) is 41.3 Å². The van der Waals surface area contributed by atoms with Gasteiger partial charge in [0.25, 0.3) is 5.91 Å². The van der Waals surface area contributed by atoms with E-state index < -0.39 is 0 Å². The first-order valence-corrected chi connectivity index (χ1v) is 11.7. The van der Waals surface area contributed by atoms with Gasteiger partial charge in [0.05, 0.1) is 0 Å². The van der Waals surface area contributed by atoms with Crippen molar-refractivity contribution in [3.05, 3.63) is 54.2 Å². The molecule has 1 aliphatic heterocycles. The van der Waals surface area contributed by atoms with Crippen LogP contribution in [0, 0.1) is 0 Å². The van der Waals surface area contributed by atoms with Crippen LogP contribution >= 0.6 is 0 Å². The maximum Gasteiger partial charge on any atom is 0.273 e. The van der Waals surface area contributed by atoms with E-state index in [1.165, 1.54) is 32.1 Å². The van der Waals surface area contributed by atoms with Crippen molar-refractivity contribution < 1.29 is 14.1 Å². The highest BCUT2D eigenvalue weighted by Gasteiger charge is 2.40. The predicted molar refractivity (Wildman–Crippen MR) is 122 cm³/mol. The van der Waals surface area contributed by atoms with Crippen LogP contribution in [0.4, 0.5) is 0 Å². The second-order valence-corrected chi connectivity index (χ2v) is 8.98. The number of amides is 1. The molecule has 2 aromatic heterocycles. The number of hydrogen-bond acceptors (Lipinski definition) is 6. The minimum atomic E-state index is -0.181. The topological polar surface area (TPSA) is 80.5 Å². The number of piperidine rings is 1. The summed E-state index contributed by atoms with van der Waals surface area (Å²) in [6.07, 6.45) is 12.2. The summed E-state index contributed by atoms with van der Waals surface area (Å²) in [4.78, 5) is 19.5. The number of hydrogen-bond donors (Lipinski definition) is 1. The fourth-order valence-electron chi connectivity index (χ4n) is 5.20. The van der Waals surface area contributed by atoms with Crippen molar-refractivity contribution in [2.24, 2.45) is 0 Å². The number of pyridine rings is 1. The summed E-state index contributed by atoms with van der Waals surface area (Å²) < 4.78 is 11.3. The van der Waals surface area contributed by atoms with Gasteiger partial charge in [-0.2, -0.15) is 0 Å². The van der Waals surface area contributed by atoms with Crippen molar-refractivity contribution in [1.82, 2.24) is 20.4 Å². The van der Waals surface area contributed by atoms with E-state index in [2.05, 4.69) is 20.4 Å². The van der Waals surface area contributed by atoms with Crippen molar-refractivity contribution in [2.75, 3.05) is 19.6 Å². The van der Waals surface area contributed by atoms with Crippen molar-refractivity contribution in [3.8, 4) is 5.75 Å². The number of aromatic nitrogens is 2. The lowest BCUT2D eigenvalue weighted by molar-refractivity contribution is 0.0639. The number of likely N-dealkylation sites (tertiary alicyclic amines) is 1. The first-order chi connectivity index (χ1) is 15.7. The molecule has 5 rings (SSSR count). The second-order valence-electron chi connectivity index (χ2n) is 8.98. The van der Waals surface area contributed by atoms with Gasteiger partial charge in [0.15, 0.2) is 11.5 Å². The van der Waals surface area contributed by atoms with Gasteiger partial charge in [-0.25, -0.2) is 0 Å². The summed E-state index contributed by atoms with van der Waals surface area (Å²) in [6.45, 7) is 3.17. The number of nitrogens with zero attached hydrogens (tertiary/aromatic N) is 3. The van der Waals surface area contributed by atoms with Gasteiger partial charge >= 0.3 is 0 Å². The first kappa shape index (κ1) is 20.9. The molecule has 0 spiro atoms. The Balaban J connectivity index is 1.20. The third-order valence-corrected chi connectivity index (χ3v) is 6.94. The van der Waals surface area contributed by atoms with E-state index in [4.69, 9.17) is 9.26 Å². The van der Waals surface area contributed by atoms with Gasteiger partial charge in [-0.05, 0) is 50.9 Å². The van der Waals surface area contributed by atoms with Gasteiger partial charge in [-0.15, -0.1) is 0 Å². The van der Waals surface area contributed by atoms with Crippen LogP contribution in [0.15, 0.2) is 47.2 Å². The van der Waals surface area contributed by atoms with Crippen molar-refractivity contribution in [3.63, 3.8) is 0 Å². The SMILES string of the molecule is O=C(NCC1(N2CCCCC2)CCCC1)c1cc(COc2cccc3cnccc23)on1. The molecule has 1 saturated heterocycles. The fourth-order valence-corrected chi connectivity index (χ4v) is 5.20. The quantitative estimate of drug-likeness (QED) is 0.596. The Bertz CT molecular complexity index is 1060. The molecule has 1 aromatic carbocycles. The van der Waals surface area contributed by atoms with Crippen LogP contribution in [0.5, 0.6) is 5.75 Å². The minimum absolute atomic E-state index is 0.106. The molecule has 0 unspecified atom stereocenters. The average molecular weight is 435 g/mol. The molecule has 168 valence electrons. The largest absolute Gasteiger partial charge is 0.485 e. The molecule has 1 aliphatic carbocycles. The molecule has 2 fully saturated rings. The highest BCUT2D eigenvalue weighted by molar-refractivity contribution is 5.92. The maximum atomic E-state index is 12.8. The maximum absolute atomic E-state index is 12.8. The molecule has 2 aliphatic rings. The Kier molecular flexibility index (Phi) is 6.08. The van der Waals surface area contributed by atoms with Crippen LogP contribution in [0.25, 0.3) is 10.8 Å². The molecule has 7 nitrogen and oxygen atoms in total. The molecule has 1 N–H and O–H groups in total. The molecular formula is C25H30N4O3. The van der Waals surface area contributed by atoms with E-state index in [-0.39, 0.29) is 18.1 Å². The molecule has 1 saturated carbocycles. The summed E-state index contributed by atoms with van der Waals surface area (Å²) in [7, 11) is 0. The third kappa shape index (κ3) is 4.35. The summed E-state index contributed by atoms with van der Waals surface area (Å²) in [5, 5.41) is 9.12. The van der Waals surface area contributed by atoms with Crippen LogP contribution in [-0.2, 0) is 6.61 Å². The second kappa shape index (κ2) is 9.28. The highest BCUT2D eigenvalue weighted by Crippen LogP contribution is 2.36. The first-order valence-electron chi connectivity index (χ1n) is 11.7. The van der Waals surface area contributed by atoms with Crippen LogP contribution in [0.1, 0.15) is 61.2 Å². The lowest BCUT2D eigenvalue weighted by Crippen LogP contribution is -2.55. The van der Waals surface area contributed by atoms with E-state index in [1.807, 2.05) is 24.3 Å². The van der Waals surface area contributed by atoms with E-state index in [0.29, 0.717) is 18.0 Å². The summed E-state index contributed by atoms with van der Waals surface area (Å²) in [6, 6.07) is 9.43. The zero-order chi connectivity index (χ0) is 21.8. The highest BCUT2D eigenvalue weighted by atomic mass is 16.5. The molecule has 0 atom stereocenters. The van der Waals surface area contributed by atoms with E-state index in [1.54, 1.807) is 18.5 Å². The number of carbonyl (C=O) groups is 1. The fraction of sp³-hybridized carbons (Fsp3) is 0.480. The van der Waals surface area contributed by atoms with E-state index in [0.717, 1.165) is 42.5 Å². The van der Waals surface area contributed by atoms with Crippen molar-refractivity contribution >= 4 is 16.7 Å². The Labute approximate surface area is 188 Å². The molecule has 0 radical (unpaired) electrons. The van der Waals surface area contributed by atoms with Gasteiger partial charge in [0.2, 0.25) is 0 Å². The van der Waals surface area contributed by atoms with Crippen molar-refractivity contribution in [1.29, 1.82) is 0 Å². The average Bonchev–Trinajstić information content (AvgIpc) is 3.52. The zero-order valence-corrected chi connectivity index (χ0v) is 18.4. The number of benzene rings is 1. The van der Waals surface area contributed by atoms with Gasteiger partial charge in [-0.3, -0.25) is 14.7 Å². The standard InChI is InChI=1S/C25H30N4O3/c30-24(27-18-25(10-2-3-11-25)29-13-4-1-5-14-29)22-15-20(32-28-22)17-31-23-8-6-7-19-16-26-12-9-21(19)23/h6-9,12,15-16H,1-5,10-11,13-14,17-18H2,(H,27,30). The Morgan fingerprint density at radius 3 is 2.81 bits per heavy atom. The molecule has 7 heteroatoms. The van der Waals surface area contributed by atoms with Crippen molar-refractivity contribution in [2.45, 2.75) is 57.1 Å². The molecule has 32 heavy (non-hydrogen) atoms. The van der Waals surface area contributed by atoms with Crippen LogP contribution in [-0.4, -0.2) is 46.1 Å². The van der Waals surface area contributed by atoms with Crippen LogP contribution < -0.4 is 10.1 Å². The zero-order valence-electron chi connectivity index (χ0n) is 18.4. The lowest BCUT2D eigenvalue weighted by Gasteiger charge is -2.43. The predicted octanol–water partition coefficient (Wildman–Crippen LogP) is 4.33. The molecular weight excluding hydrogens is 404 g/mol. The van der Waals surface area contributed by atoms with Gasteiger partial charge in [-0.1, -0.05) is 36.6 Å². The Hall–Kier alpha value is -2.93.